The van der Waals surface area contributed by atoms with Gasteiger partial charge in [0, 0.05) is 6.07 Å². The van der Waals surface area contributed by atoms with Crippen molar-refractivity contribution in [1.29, 1.82) is 0 Å². The molecule has 1 aliphatic rings. The monoisotopic (exact) mass is 355 g/mol. The third kappa shape index (κ3) is 3.05. The fraction of sp³-hybridized carbons (Fsp3) is 0.385. The lowest BCUT2D eigenvalue weighted by Gasteiger charge is -2.14. The third-order valence-corrected chi connectivity index (χ3v) is 3.94. The number of nitrogens with one attached hydrogen (secondary N) is 1. The zero-order valence-electron chi connectivity index (χ0n) is 11.5. The number of nitro groups is 1. The van der Waals surface area contributed by atoms with Gasteiger partial charge >= 0.3 is 6.03 Å². The van der Waals surface area contributed by atoms with Gasteiger partial charge in [-0.25, -0.2) is 4.79 Å². The van der Waals surface area contributed by atoms with Crippen LogP contribution in [-0.4, -0.2) is 27.8 Å². The highest BCUT2D eigenvalue weighted by Crippen LogP contribution is 2.27. The number of carbonyl (C=O) groups is 2. The number of amides is 3. The number of nitrogens with zero attached hydrogens (tertiary/aromatic N) is 2. The number of benzene rings is 1. The number of imide groups is 1. The third-order valence-electron chi connectivity index (χ3n) is 3.27. The van der Waals surface area contributed by atoms with Crippen LogP contribution >= 0.6 is 15.9 Å². The van der Waals surface area contributed by atoms with Gasteiger partial charge in [-0.2, -0.15) is 0 Å². The van der Waals surface area contributed by atoms with E-state index < -0.39 is 17.0 Å². The number of rotatable bonds is 4. The zero-order valence-corrected chi connectivity index (χ0v) is 13.1. The Kier molecular flexibility index (Phi) is 4.26. The smallest absolute Gasteiger partial charge is 0.325 e. The topological polar surface area (TPSA) is 92.6 Å². The van der Waals surface area contributed by atoms with Crippen molar-refractivity contribution in [2.75, 3.05) is 0 Å². The number of hydrogen-bond donors (Lipinski definition) is 1. The molecule has 0 aliphatic carbocycles. The summed E-state index contributed by atoms with van der Waals surface area (Å²) in [6.45, 7) is 3.70. The van der Waals surface area contributed by atoms with Crippen LogP contribution in [0.1, 0.15) is 19.4 Å². The summed E-state index contributed by atoms with van der Waals surface area (Å²) in [5.74, 6) is -0.314. The van der Waals surface area contributed by atoms with E-state index in [1.54, 1.807) is 6.07 Å². The lowest BCUT2D eigenvalue weighted by molar-refractivity contribution is -0.385. The molecule has 8 heteroatoms. The summed E-state index contributed by atoms with van der Waals surface area (Å²) in [6, 6.07) is 3.52. The lowest BCUT2D eigenvalue weighted by atomic mass is 10.0. The van der Waals surface area contributed by atoms with Crippen LogP contribution in [-0.2, 0) is 11.3 Å². The molecule has 3 amide bonds. The zero-order chi connectivity index (χ0) is 15.7. The van der Waals surface area contributed by atoms with Gasteiger partial charge in [-0.3, -0.25) is 19.8 Å². The van der Waals surface area contributed by atoms with Gasteiger partial charge in [0.25, 0.3) is 11.6 Å². The molecule has 1 aromatic carbocycles. The minimum absolute atomic E-state index is 0.00861. The van der Waals surface area contributed by atoms with Crippen LogP contribution in [0.4, 0.5) is 10.5 Å². The van der Waals surface area contributed by atoms with Crippen molar-refractivity contribution >= 4 is 33.6 Å². The first-order valence-corrected chi connectivity index (χ1v) is 7.15. The normalized spacial score (nSPS) is 18.3. The van der Waals surface area contributed by atoms with Crippen LogP contribution in [0, 0.1) is 16.0 Å². The molecule has 112 valence electrons. The summed E-state index contributed by atoms with van der Waals surface area (Å²) in [5, 5.41) is 13.5. The lowest BCUT2D eigenvalue weighted by Crippen LogP contribution is -2.34. The molecular weight excluding hydrogens is 342 g/mol. The van der Waals surface area contributed by atoms with Gasteiger partial charge in [-0.15, -0.1) is 0 Å². The van der Waals surface area contributed by atoms with Crippen LogP contribution in [0.5, 0.6) is 0 Å². The molecule has 0 bridgehead atoms. The fourth-order valence-corrected chi connectivity index (χ4v) is 2.51. The Morgan fingerprint density at radius 3 is 2.62 bits per heavy atom. The highest BCUT2D eigenvalue weighted by Gasteiger charge is 2.39. The molecule has 1 atom stereocenters. The number of hydrogen-bond acceptors (Lipinski definition) is 4. The highest BCUT2D eigenvalue weighted by molar-refractivity contribution is 9.10. The van der Waals surface area contributed by atoms with Crippen molar-refractivity contribution in [1.82, 2.24) is 10.2 Å². The second kappa shape index (κ2) is 5.80. The molecule has 0 radical (unpaired) electrons. The van der Waals surface area contributed by atoms with Gasteiger partial charge in [0.15, 0.2) is 0 Å². The van der Waals surface area contributed by atoms with Crippen molar-refractivity contribution in [3.63, 3.8) is 0 Å². The van der Waals surface area contributed by atoms with E-state index >= 15 is 0 Å². The maximum absolute atomic E-state index is 12.1. The number of urea groups is 1. The molecule has 0 aromatic heterocycles. The number of nitro benzene ring substituents is 1. The van der Waals surface area contributed by atoms with Gasteiger partial charge in [0.05, 0.1) is 15.9 Å². The molecule has 1 saturated heterocycles. The van der Waals surface area contributed by atoms with E-state index in [1.165, 1.54) is 12.1 Å². The average Bonchev–Trinajstić information content (AvgIpc) is 2.68. The Hall–Kier alpha value is -1.96. The van der Waals surface area contributed by atoms with E-state index in [0.29, 0.717) is 10.0 Å². The molecule has 21 heavy (non-hydrogen) atoms. The molecule has 1 aromatic rings. The van der Waals surface area contributed by atoms with Crippen molar-refractivity contribution in [2.24, 2.45) is 5.92 Å². The first-order chi connectivity index (χ1) is 9.81. The molecule has 7 nitrogen and oxygen atoms in total. The van der Waals surface area contributed by atoms with Crippen molar-refractivity contribution in [3.05, 3.63) is 38.3 Å². The first kappa shape index (κ1) is 15.4. The minimum atomic E-state index is -0.539. The summed E-state index contributed by atoms with van der Waals surface area (Å²) >= 11 is 3.09. The number of halogens is 1. The number of carbonyl (C=O) groups excluding carboxylic acids is 2. The van der Waals surface area contributed by atoms with Crippen molar-refractivity contribution in [3.8, 4) is 0 Å². The molecule has 1 fully saturated rings. The second-order valence-corrected chi connectivity index (χ2v) is 5.99. The van der Waals surface area contributed by atoms with E-state index in [-0.39, 0.29) is 24.1 Å². The maximum atomic E-state index is 12.1. The van der Waals surface area contributed by atoms with Crippen molar-refractivity contribution in [2.45, 2.75) is 26.4 Å². The molecule has 2 rings (SSSR count). The van der Waals surface area contributed by atoms with Gasteiger partial charge in [0.2, 0.25) is 0 Å². The molecule has 1 N–H and O–H groups in total. The van der Waals surface area contributed by atoms with E-state index in [1.807, 2.05) is 13.8 Å². The van der Waals surface area contributed by atoms with Crippen LogP contribution in [0.3, 0.4) is 0 Å². The van der Waals surface area contributed by atoms with Crippen molar-refractivity contribution < 1.29 is 14.5 Å². The SMILES string of the molecule is CC(C)C1NC(=O)N(Cc2ccc(Br)c([N+](=O)[O-])c2)C1=O. The van der Waals surface area contributed by atoms with Crippen LogP contribution in [0.2, 0.25) is 0 Å². The van der Waals surface area contributed by atoms with Crippen LogP contribution in [0.15, 0.2) is 22.7 Å². The Balaban J connectivity index is 2.22. The van der Waals surface area contributed by atoms with Gasteiger partial charge in [0.1, 0.15) is 6.04 Å². The standard InChI is InChI=1S/C13H14BrN3O4/c1-7(2)11-12(18)16(13(19)15-11)6-8-3-4-9(14)10(5-8)17(20)21/h3-5,7,11H,6H2,1-2H3,(H,15,19). The Morgan fingerprint density at radius 2 is 2.10 bits per heavy atom. The summed E-state index contributed by atoms with van der Waals surface area (Å²) in [6.07, 6.45) is 0. The van der Waals surface area contributed by atoms with E-state index in [0.717, 1.165) is 4.90 Å². The Morgan fingerprint density at radius 1 is 1.43 bits per heavy atom. The van der Waals surface area contributed by atoms with Gasteiger partial charge in [-0.05, 0) is 33.5 Å². The predicted molar refractivity (Wildman–Crippen MR) is 78.5 cm³/mol. The van der Waals surface area contributed by atoms with Gasteiger partial charge in [-0.1, -0.05) is 19.9 Å². The maximum Gasteiger partial charge on any atom is 0.325 e. The average molecular weight is 356 g/mol. The fourth-order valence-electron chi connectivity index (χ4n) is 2.12. The predicted octanol–water partition coefficient (Wildman–Crippen LogP) is 2.43. The molecular formula is C13H14BrN3O4. The van der Waals surface area contributed by atoms with Crippen LogP contribution in [0.25, 0.3) is 0 Å². The molecule has 1 heterocycles. The molecule has 1 aliphatic heterocycles. The first-order valence-electron chi connectivity index (χ1n) is 6.36. The van der Waals surface area contributed by atoms with E-state index in [4.69, 9.17) is 0 Å². The summed E-state index contributed by atoms with van der Waals surface area (Å²) in [5.41, 5.74) is 0.428. The largest absolute Gasteiger partial charge is 0.326 e. The second-order valence-electron chi connectivity index (χ2n) is 5.14. The minimum Gasteiger partial charge on any atom is -0.326 e. The summed E-state index contributed by atoms with van der Waals surface area (Å²) in [4.78, 5) is 35.4. The molecule has 0 spiro atoms. The molecule has 0 saturated carbocycles. The van der Waals surface area contributed by atoms with Crippen LogP contribution < -0.4 is 5.32 Å². The van der Waals surface area contributed by atoms with E-state index in [9.17, 15) is 19.7 Å². The molecule has 1 unspecified atom stereocenters. The Labute approximate surface area is 129 Å². The Bertz CT molecular complexity index is 617. The quantitative estimate of drug-likeness (QED) is 0.509. The summed E-state index contributed by atoms with van der Waals surface area (Å²) < 4.78 is 0.355. The highest BCUT2D eigenvalue weighted by atomic mass is 79.9. The van der Waals surface area contributed by atoms with E-state index in [2.05, 4.69) is 21.2 Å². The summed E-state index contributed by atoms with van der Waals surface area (Å²) in [7, 11) is 0. The van der Waals surface area contributed by atoms with Gasteiger partial charge < -0.3 is 5.32 Å².